The molecule has 0 bridgehead atoms. The van der Waals surface area contributed by atoms with Crippen molar-refractivity contribution in [2.45, 2.75) is 45.4 Å². The van der Waals surface area contributed by atoms with Crippen molar-refractivity contribution in [3.05, 3.63) is 162 Å². The molecule has 286 valence electrons. The summed E-state index contributed by atoms with van der Waals surface area (Å²) in [6.45, 7) is 11.6. The van der Waals surface area contributed by atoms with Crippen molar-refractivity contribution in [1.82, 2.24) is 4.57 Å². The standard InChI is InChI=1S/C55H41BN2OS/c1-54(2,3)30-18-20-31(21-19-30)57-45-28-43-37(32-12-6-9-15-42(32)55(43,4)5)24-38(45)35-22-23-36-39-27-51-41(34-14-8-11-17-50(34)60-51)26-46(39)58-47-29-49-40(25-44(47)56-52(35)53(36)58)33-13-7-10-16-48(33)59-49/h6-29,56-57H,1-5H3. The van der Waals surface area contributed by atoms with Crippen LogP contribution in [0.3, 0.4) is 0 Å². The maximum Gasteiger partial charge on any atom is 0.198 e. The first kappa shape index (κ1) is 34.3. The summed E-state index contributed by atoms with van der Waals surface area (Å²) in [7, 11) is 0.809. The lowest BCUT2D eigenvalue weighted by Crippen LogP contribution is -2.37. The van der Waals surface area contributed by atoms with Crippen molar-refractivity contribution in [2.24, 2.45) is 0 Å². The van der Waals surface area contributed by atoms with Gasteiger partial charge < -0.3 is 14.3 Å². The molecular weight excluding hydrogens is 747 g/mol. The molecule has 5 heteroatoms. The number of thiophene rings is 1. The summed E-state index contributed by atoms with van der Waals surface area (Å²) in [4.78, 5) is 0. The highest BCUT2D eigenvalue weighted by Gasteiger charge is 2.37. The minimum Gasteiger partial charge on any atom is -0.456 e. The Balaban J connectivity index is 1.11. The summed E-state index contributed by atoms with van der Waals surface area (Å²) in [6, 6.07) is 54.7. The number of rotatable bonds is 3. The van der Waals surface area contributed by atoms with Gasteiger partial charge in [0, 0.05) is 81.3 Å². The van der Waals surface area contributed by atoms with Crippen molar-refractivity contribution >= 4 is 105 Å². The molecule has 2 aliphatic rings. The molecule has 0 saturated carbocycles. The third-order valence-corrected chi connectivity index (χ3v) is 14.9. The van der Waals surface area contributed by atoms with Crippen LogP contribution in [0.2, 0.25) is 0 Å². The molecule has 0 spiro atoms. The fraction of sp³-hybridized carbons (Fsp3) is 0.127. The molecule has 11 aromatic rings. The molecule has 4 heterocycles. The lowest BCUT2D eigenvalue weighted by Gasteiger charge is -2.26. The second-order valence-corrected chi connectivity index (χ2v) is 19.7. The van der Waals surface area contributed by atoms with E-state index in [-0.39, 0.29) is 10.8 Å². The van der Waals surface area contributed by atoms with Gasteiger partial charge in [0.25, 0.3) is 0 Å². The van der Waals surface area contributed by atoms with E-state index >= 15 is 0 Å². The van der Waals surface area contributed by atoms with E-state index < -0.39 is 0 Å². The Kier molecular flexibility index (Phi) is 6.75. The number of hydrogen-bond donors (Lipinski definition) is 1. The Morgan fingerprint density at radius 2 is 1.37 bits per heavy atom. The van der Waals surface area contributed by atoms with Crippen molar-refractivity contribution in [3.8, 4) is 27.9 Å². The van der Waals surface area contributed by atoms with Crippen LogP contribution in [0.1, 0.15) is 51.3 Å². The third-order valence-electron chi connectivity index (χ3n) is 13.8. The zero-order chi connectivity index (χ0) is 40.2. The van der Waals surface area contributed by atoms with Gasteiger partial charge in [-0.05, 0) is 92.8 Å². The quantitative estimate of drug-likeness (QED) is 0.181. The summed E-state index contributed by atoms with van der Waals surface area (Å²) in [5, 5.41) is 11.5. The Morgan fingerprint density at radius 3 is 2.22 bits per heavy atom. The van der Waals surface area contributed by atoms with E-state index in [9.17, 15) is 0 Å². The molecule has 0 fully saturated rings. The molecule has 0 radical (unpaired) electrons. The average molecular weight is 789 g/mol. The highest BCUT2D eigenvalue weighted by atomic mass is 32.1. The van der Waals surface area contributed by atoms with Crippen LogP contribution in [-0.4, -0.2) is 11.8 Å². The number of para-hydroxylation sites is 1. The molecule has 13 rings (SSSR count). The molecule has 1 N–H and O–H groups in total. The highest BCUT2D eigenvalue weighted by molar-refractivity contribution is 7.25. The molecule has 60 heavy (non-hydrogen) atoms. The van der Waals surface area contributed by atoms with Crippen molar-refractivity contribution < 1.29 is 4.42 Å². The van der Waals surface area contributed by atoms with E-state index in [1.54, 1.807) is 0 Å². The number of furan rings is 1. The van der Waals surface area contributed by atoms with E-state index in [1.165, 1.54) is 103 Å². The van der Waals surface area contributed by atoms with Gasteiger partial charge in [-0.2, -0.15) is 0 Å². The van der Waals surface area contributed by atoms with Gasteiger partial charge in [-0.3, -0.25) is 0 Å². The lowest BCUT2D eigenvalue weighted by atomic mass is 9.59. The summed E-state index contributed by atoms with van der Waals surface area (Å²) < 4.78 is 11.8. The van der Waals surface area contributed by atoms with Crippen molar-refractivity contribution in [2.75, 3.05) is 5.32 Å². The fourth-order valence-electron chi connectivity index (χ4n) is 10.7. The molecule has 3 aromatic heterocycles. The lowest BCUT2D eigenvalue weighted by molar-refractivity contribution is 0.590. The van der Waals surface area contributed by atoms with E-state index in [1.807, 2.05) is 11.3 Å². The van der Waals surface area contributed by atoms with Crippen molar-refractivity contribution in [1.29, 1.82) is 0 Å². The molecule has 8 aromatic carbocycles. The number of nitrogens with zero attached hydrogens (tertiary/aromatic N) is 1. The highest BCUT2D eigenvalue weighted by Crippen LogP contribution is 2.52. The normalized spacial score (nSPS) is 14.0. The monoisotopic (exact) mass is 788 g/mol. The van der Waals surface area contributed by atoms with Crippen LogP contribution in [0.4, 0.5) is 11.4 Å². The molecule has 0 atom stereocenters. The zero-order valence-electron chi connectivity index (χ0n) is 34.3. The number of hydrogen-bond acceptors (Lipinski definition) is 3. The largest absolute Gasteiger partial charge is 0.456 e. The Bertz CT molecular complexity index is 3670. The van der Waals surface area contributed by atoms with Gasteiger partial charge >= 0.3 is 0 Å². The van der Waals surface area contributed by atoms with Gasteiger partial charge in [0.05, 0.1) is 5.52 Å². The Morgan fingerprint density at radius 1 is 0.583 bits per heavy atom. The molecule has 1 aliphatic heterocycles. The fourth-order valence-corrected chi connectivity index (χ4v) is 11.8. The predicted molar refractivity (Wildman–Crippen MR) is 259 cm³/mol. The van der Waals surface area contributed by atoms with Crippen LogP contribution in [0.5, 0.6) is 0 Å². The van der Waals surface area contributed by atoms with Crippen LogP contribution >= 0.6 is 11.3 Å². The average Bonchev–Trinajstić information content (AvgIpc) is 3.96. The van der Waals surface area contributed by atoms with Crippen LogP contribution in [0.25, 0.3) is 91.9 Å². The summed E-state index contributed by atoms with van der Waals surface area (Å²) in [5.74, 6) is 0. The minimum absolute atomic E-state index is 0.0798. The van der Waals surface area contributed by atoms with E-state index in [0.29, 0.717) is 0 Å². The van der Waals surface area contributed by atoms with Crippen molar-refractivity contribution in [3.63, 3.8) is 0 Å². The van der Waals surface area contributed by atoms with Gasteiger partial charge in [0.15, 0.2) is 7.28 Å². The van der Waals surface area contributed by atoms with Crippen LogP contribution < -0.4 is 16.2 Å². The van der Waals surface area contributed by atoms with E-state index in [4.69, 9.17) is 4.42 Å². The maximum atomic E-state index is 6.57. The van der Waals surface area contributed by atoms with E-state index in [2.05, 4.69) is 190 Å². The zero-order valence-corrected chi connectivity index (χ0v) is 35.1. The number of benzene rings is 8. The molecule has 3 nitrogen and oxygen atoms in total. The SMILES string of the molecule is CC(C)(C)c1ccc(Nc2cc3c(cc2-c2ccc4c5cc6sc7ccccc7c6cc5n5c4c2Bc2cc4c(cc2-5)oc2ccccc24)-c2ccccc2C3(C)C)cc1. The number of fused-ring (bicyclic) bond motifs is 14. The van der Waals surface area contributed by atoms with Crippen LogP contribution in [0, 0.1) is 0 Å². The Hall–Kier alpha value is -6.56. The molecule has 0 saturated heterocycles. The third kappa shape index (κ3) is 4.67. The summed E-state index contributed by atoms with van der Waals surface area (Å²) in [5.41, 5.74) is 19.6. The summed E-state index contributed by atoms with van der Waals surface area (Å²) in [6.07, 6.45) is 0. The molecule has 0 amide bonds. The topological polar surface area (TPSA) is 30.1 Å². The minimum atomic E-state index is -0.129. The number of anilines is 2. The van der Waals surface area contributed by atoms with Gasteiger partial charge in [0.1, 0.15) is 11.2 Å². The number of nitrogens with one attached hydrogen (secondary N) is 1. The first-order valence-electron chi connectivity index (χ1n) is 21.1. The first-order chi connectivity index (χ1) is 29.1. The predicted octanol–water partition coefficient (Wildman–Crippen LogP) is 13.8. The van der Waals surface area contributed by atoms with Crippen LogP contribution in [-0.2, 0) is 10.8 Å². The van der Waals surface area contributed by atoms with Gasteiger partial charge in [-0.15, -0.1) is 11.3 Å². The molecule has 1 aliphatic carbocycles. The van der Waals surface area contributed by atoms with Gasteiger partial charge in [0.2, 0.25) is 0 Å². The summed E-state index contributed by atoms with van der Waals surface area (Å²) >= 11 is 1.89. The second-order valence-electron chi connectivity index (χ2n) is 18.6. The van der Waals surface area contributed by atoms with E-state index in [0.717, 1.165) is 35.2 Å². The second kappa shape index (κ2) is 11.8. The number of aromatic nitrogens is 1. The molecular formula is C55H41BN2OS. The smallest absolute Gasteiger partial charge is 0.198 e. The van der Waals surface area contributed by atoms with Gasteiger partial charge in [-0.25, -0.2) is 0 Å². The maximum absolute atomic E-state index is 6.57. The Labute approximate surface area is 353 Å². The van der Waals surface area contributed by atoms with Gasteiger partial charge in [-0.1, -0.05) is 131 Å². The first-order valence-corrected chi connectivity index (χ1v) is 21.9. The molecule has 0 unspecified atom stereocenters. The van der Waals surface area contributed by atoms with Crippen LogP contribution in [0.15, 0.2) is 150 Å².